The molecule has 2 N–H and O–H groups in total. The zero-order valence-corrected chi connectivity index (χ0v) is 18.6. The van der Waals surface area contributed by atoms with Crippen LogP contribution in [0.5, 0.6) is 0 Å². The average molecular weight is 443 g/mol. The molecule has 0 aliphatic carbocycles. The Morgan fingerprint density at radius 2 is 1.36 bits per heavy atom. The number of benzene rings is 3. The van der Waals surface area contributed by atoms with E-state index in [9.17, 15) is 14.4 Å². The number of fused-ring (bicyclic) bond motifs is 1. The highest BCUT2D eigenvalue weighted by Gasteiger charge is 2.18. The van der Waals surface area contributed by atoms with Crippen molar-refractivity contribution < 1.29 is 9.59 Å². The fourth-order valence-electron chi connectivity index (χ4n) is 4.08. The SMILES string of the molecule is Cn1c(=O)n(C)c2cc(NC(=O)C(=O)NCCC(c3ccccc3)c3ccccc3)ccc21. The number of aromatic nitrogens is 2. The van der Waals surface area contributed by atoms with Crippen LogP contribution in [0.1, 0.15) is 23.5 Å². The van der Waals surface area contributed by atoms with Crippen LogP contribution in [0.3, 0.4) is 0 Å². The molecule has 7 heteroatoms. The van der Waals surface area contributed by atoms with Crippen LogP contribution in [0, 0.1) is 0 Å². The normalized spacial score (nSPS) is 11.0. The highest BCUT2D eigenvalue weighted by atomic mass is 16.2. The van der Waals surface area contributed by atoms with Crippen molar-refractivity contribution in [1.82, 2.24) is 14.5 Å². The van der Waals surface area contributed by atoms with Gasteiger partial charge in [-0.05, 0) is 35.7 Å². The molecule has 33 heavy (non-hydrogen) atoms. The van der Waals surface area contributed by atoms with E-state index in [-0.39, 0.29) is 11.6 Å². The van der Waals surface area contributed by atoms with Gasteiger partial charge in [0.15, 0.2) is 0 Å². The molecule has 0 radical (unpaired) electrons. The Hall–Kier alpha value is -4.13. The number of imidazole rings is 1. The van der Waals surface area contributed by atoms with Crippen LogP contribution < -0.4 is 16.3 Å². The topological polar surface area (TPSA) is 85.1 Å². The molecule has 4 rings (SSSR count). The van der Waals surface area contributed by atoms with E-state index in [0.717, 1.165) is 16.6 Å². The van der Waals surface area contributed by atoms with Gasteiger partial charge in [-0.15, -0.1) is 0 Å². The van der Waals surface area contributed by atoms with Crippen LogP contribution in [-0.2, 0) is 23.7 Å². The molecule has 7 nitrogen and oxygen atoms in total. The van der Waals surface area contributed by atoms with Crippen molar-refractivity contribution in [2.75, 3.05) is 11.9 Å². The number of anilines is 1. The van der Waals surface area contributed by atoms with Gasteiger partial charge in [0, 0.05) is 32.2 Å². The van der Waals surface area contributed by atoms with Gasteiger partial charge >= 0.3 is 17.5 Å². The minimum absolute atomic E-state index is 0.109. The van der Waals surface area contributed by atoms with E-state index < -0.39 is 11.8 Å². The third-order valence-corrected chi connectivity index (χ3v) is 5.86. The molecule has 0 unspecified atom stereocenters. The van der Waals surface area contributed by atoms with E-state index in [2.05, 4.69) is 34.9 Å². The van der Waals surface area contributed by atoms with Gasteiger partial charge in [-0.1, -0.05) is 60.7 Å². The molecule has 0 saturated carbocycles. The summed E-state index contributed by atoms with van der Waals surface area (Å²) in [5.74, 6) is -1.33. The molecular formula is C26H26N4O3. The zero-order valence-electron chi connectivity index (χ0n) is 18.6. The first-order chi connectivity index (χ1) is 16.0. The van der Waals surface area contributed by atoms with Crippen molar-refractivity contribution in [1.29, 1.82) is 0 Å². The fraction of sp³-hybridized carbons (Fsp3) is 0.192. The molecule has 2 amide bonds. The number of hydrogen-bond acceptors (Lipinski definition) is 3. The summed E-state index contributed by atoms with van der Waals surface area (Å²) in [5, 5.41) is 5.34. The van der Waals surface area contributed by atoms with Crippen LogP contribution in [0.4, 0.5) is 5.69 Å². The lowest BCUT2D eigenvalue weighted by atomic mass is 9.88. The van der Waals surface area contributed by atoms with E-state index in [1.807, 2.05) is 36.4 Å². The molecule has 0 bridgehead atoms. The molecule has 0 spiro atoms. The second-order valence-electron chi connectivity index (χ2n) is 7.98. The van der Waals surface area contributed by atoms with Crippen molar-refractivity contribution in [3.05, 3.63) is 100 Å². The van der Waals surface area contributed by atoms with Crippen LogP contribution >= 0.6 is 0 Å². The van der Waals surface area contributed by atoms with Crippen molar-refractivity contribution in [2.45, 2.75) is 12.3 Å². The number of carbonyl (C=O) groups excluding carboxylic acids is 2. The summed E-state index contributed by atoms with van der Waals surface area (Å²) >= 11 is 0. The first kappa shape index (κ1) is 22.1. The molecule has 0 fully saturated rings. The summed E-state index contributed by atoms with van der Waals surface area (Å²) in [5.41, 5.74) is 4.04. The largest absolute Gasteiger partial charge is 0.348 e. The lowest BCUT2D eigenvalue weighted by molar-refractivity contribution is -0.136. The molecule has 3 aromatic carbocycles. The van der Waals surface area contributed by atoms with E-state index in [4.69, 9.17) is 0 Å². The number of rotatable bonds is 6. The third kappa shape index (κ3) is 4.72. The number of hydrogen-bond donors (Lipinski definition) is 2. The van der Waals surface area contributed by atoms with Crippen molar-refractivity contribution in [3.63, 3.8) is 0 Å². The zero-order chi connectivity index (χ0) is 23.4. The second kappa shape index (κ2) is 9.56. The first-order valence-electron chi connectivity index (χ1n) is 10.8. The number of nitrogens with one attached hydrogen (secondary N) is 2. The quantitative estimate of drug-likeness (QED) is 0.450. The molecule has 0 atom stereocenters. The van der Waals surface area contributed by atoms with Gasteiger partial charge in [-0.25, -0.2) is 4.79 Å². The number of aryl methyl sites for hydroxylation is 2. The van der Waals surface area contributed by atoms with E-state index in [0.29, 0.717) is 24.2 Å². The van der Waals surface area contributed by atoms with Gasteiger partial charge in [-0.2, -0.15) is 0 Å². The van der Waals surface area contributed by atoms with E-state index in [1.54, 1.807) is 32.3 Å². The lowest BCUT2D eigenvalue weighted by Gasteiger charge is -2.18. The molecule has 0 saturated heterocycles. The molecular weight excluding hydrogens is 416 g/mol. The van der Waals surface area contributed by atoms with Gasteiger partial charge in [0.2, 0.25) is 0 Å². The molecule has 4 aromatic rings. The van der Waals surface area contributed by atoms with Crippen LogP contribution in [0.15, 0.2) is 83.7 Å². The minimum Gasteiger partial charge on any atom is -0.348 e. The molecule has 168 valence electrons. The number of nitrogens with zero attached hydrogens (tertiary/aromatic N) is 2. The minimum atomic E-state index is -0.744. The third-order valence-electron chi connectivity index (χ3n) is 5.86. The summed E-state index contributed by atoms with van der Waals surface area (Å²) in [6, 6.07) is 25.3. The highest BCUT2D eigenvalue weighted by molar-refractivity contribution is 6.39. The van der Waals surface area contributed by atoms with Crippen LogP contribution in [0.2, 0.25) is 0 Å². The van der Waals surface area contributed by atoms with Gasteiger partial charge in [0.05, 0.1) is 11.0 Å². The standard InChI is InChI=1S/C26H26N4O3/c1-29-22-14-13-20(17-23(22)30(2)26(29)33)28-25(32)24(31)27-16-15-21(18-9-5-3-6-10-18)19-11-7-4-8-12-19/h3-14,17,21H,15-16H2,1-2H3,(H,27,31)(H,28,32). The molecule has 1 aromatic heterocycles. The summed E-state index contributed by atoms with van der Waals surface area (Å²) in [6.45, 7) is 0.354. The Kier molecular flexibility index (Phi) is 6.40. The van der Waals surface area contributed by atoms with Gasteiger partial charge < -0.3 is 10.6 Å². The van der Waals surface area contributed by atoms with Crippen LogP contribution in [0.25, 0.3) is 11.0 Å². The highest BCUT2D eigenvalue weighted by Crippen LogP contribution is 2.27. The smallest absolute Gasteiger partial charge is 0.328 e. The van der Waals surface area contributed by atoms with E-state index >= 15 is 0 Å². The summed E-state index contributed by atoms with van der Waals surface area (Å²) in [6.07, 6.45) is 0.658. The van der Waals surface area contributed by atoms with Crippen LogP contribution in [-0.4, -0.2) is 27.5 Å². The molecule has 0 aliphatic rings. The predicted octanol–water partition coefficient (Wildman–Crippen LogP) is 3.15. The van der Waals surface area contributed by atoms with Crippen molar-refractivity contribution in [3.8, 4) is 0 Å². The average Bonchev–Trinajstić information content (AvgIpc) is 3.06. The lowest BCUT2D eigenvalue weighted by Crippen LogP contribution is -2.36. The molecule has 1 heterocycles. The number of amides is 2. The maximum Gasteiger partial charge on any atom is 0.328 e. The Bertz CT molecular complexity index is 1300. The van der Waals surface area contributed by atoms with Gasteiger partial charge in [0.25, 0.3) is 0 Å². The van der Waals surface area contributed by atoms with Crippen molar-refractivity contribution in [2.24, 2.45) is 14.1 Å². The van der Waals surface area contributed by atoms with Gasteiger partial charge in [0.1, 0.15) is 0 Å². The van der Waals surface area contributed by atoms with Crippen molar-refractivity contribution >= 4 is 28.5 Å². The Balaban J connectivity index is 1.40. The Labute approximate surface area is 191 Å². The Morgan fingerprint density at radius 1 is 0.788 bits per heavy atom. The fourth-order valence-corrected chi connectivity index (χ4v) is 4.08. The summed E-state index contributed by atoms with van der Waals surface area (Å²) in [4.78, 5) is 36.9. The Morgan fingerprint density at radius 3 is 1.97 bits per heavy atom. The summed E-state index contributed by atoms with van der Waals surface area (Å²) < 4.78 is 3.03. The monoisotopic (exact) mass is 442 g/mol. The maximum atomic E-state index is 12.4. The first-order valence-corrected chi connectivity index (χ1v) is 10.8. The van der Waals surface area contributed by atoms with Gasteiger partial charge in [-0.3, -0.25) is 18.7 Å². The van der Waals surface area contributed by atoms with E-state index in [1.165, 1.54) is 9.13 Å². The molecule has 0 aliphatic heterocycles. The summed E-state index contributed by atoms with van der Waals surface area (Å²) in [7, 11) is 3.35. The predicted molar refractivity (Wildman–Crippen MR) is 129 cm³/mol. The second-order valence-corrected chi connectivity index (χ2v) is 7.98. The number of carbonyl (C=O) groups is 2. The maximum absolute atomic E-state index is 12.4.